The van der Waals surface area contributed by atoms with E-state index in [9.17, 15) is 13.2 Å². The van der Waals surface area contributed by atoms with Crippen LogP contribution in [0.3, 0.4) is 0 Å². The molecule has 1 rings (SSSR count). The zero-order chi connectivity index (χ0) is 14.3. The van der Waals surface area contributed by atoms with Gasteiger partial charge in [-0.05, 0) is 24.3 Å². The van der Waals surface area contributed by atoms with Gasteiger partial charge in [0.25, 0.3) is 0 Å². The molecule has 19 heavy (non-hydrogen) atoms. The average Bonchev–Trinajstić information content (AvgIpc) is 2.36. The third-order valence-corrected chi connectivity index (χ3v) is 3.77. The molecule has 0 aliphatic heterocycles. The fraction of sp³-hybridized carbons (Fsp3) is 0.273. The molecule has 0 aliphatic rings. The fourth-order valence-electron chi connectivity index (χ4n) is 1.17. The highest BCUT2D eigenvalue weighted by Crippen LogP contribution is 2.13. The number of carbonyl (C=O) groups is 1. The summed E-state index contributed by atoms with van der Waals surface area (Å²) >= 11 is 5.65. The first-order chi connectivity index (χ1) is 8.95. The van der Waals surface area contributed by atoms with E-state index in [4.69, 9.17) is 16.9 Å². The second kappa shape index (κ2) is 7.09. The zero-order valence-corrected chi connectivity index (χ0v) is 11.4. The lowest BCUT2D eigenvalue weighted by atomic mass is 10.4. The minimum atomic E-state index is -3.67. The van der Waals surface area contributed by atoms with E-state index in [2.05, 4.69) is 9.46 Å². The summed E-state index contributed by atoms with van der Waals surface area (Å²) in [6, 6.07) is 7.27. The van der Waals surface area contributed by atoms with Gasteiger partial charge in [0.15, 0.2) is 6.61 Å². The Balaban J connectivity index is 2.50. The normalized spacial score (nSPS) is 10.7. The van der Waals surface area contributed by atoms with Crippen molar-refractivity contribution in [3.05, 3.63) is 29.3 Å². The van der Waals surface area contributed by atoms with Crippen LogP contribution in [0.4, 0.5) is 0 Å². The molecule has 0 unspecified atom stereocenters. The maximum atomic E-state index is 11.8. The van der Waals surface area contributed by atoms with Gasteiger partial charge in [-0.3, -0.25) is 4.79 Å². The van der Waals surface area contributed by atoms with Gasteiger partial charge in [-0.25, -0.2) is 13.1 Å². The van der Waals surface area contributed by atoms with Crippen LogP contribution >= 0.6 is 11.6 Å². The lowest BCUT2D eigenvalue weighted by Crippen LogP contribution is -2.26. The Morgan fingerprint density at radius 3 is 2.58 bits per heavy atom. The number of carbonyl (C=O) groups excluding carboxylic acids is 1. The van der Waals surface area contributed by atoms with Crippen LogP contribution in [-0.2, 0) is 19.6 Å². The molecule has 0 aromatic heterocycles. The van der Waals surface area contributed by atoms with Crippen LogP contribution in [0.2, 0.25) is 5.02 Å². The van der Waals surface area contributed by atoms with Gasteiger partial charge in [0.1, 0.15) is 6.07 Å². The van der Waals surface area contributed by atoms with E-state index in [1.54, 1.807) is 6.07 Å². The number of nitrogens with zero attached hydrogens (tertiary/aromatic N) is 1. The molecule has 1 aromatic rings. The van der Waals surface area contributed by atoms with Crippen LogP contribution in [0.15, 0.2) is 29.2 Å². The van der Waals surface area contributed by atoms with Gasteiger partial charge in [-0.1, -0.05) is 11.6 Å². The highest BCUT2D eigenvalue weighted by Gasteiger charge is 2.14. The Kier molecular flexibility index (Phi) is 5.76. The van der Waals surface area contributed by atoms with Crippen LogP contribution in [0.1, 0.15) is 6.42 Å². The number of sulfonamides is 1. The number of hydrogen-bond donors (Lipinski definition) is 1. The van der Waals surface area contributed by atoms with E-state index < -0.39 is 16.0 Å². The monoisotopic (exact) mass is 302 g/mol. The molecule has 6 nitrogen and oxygen atoms in total. The molecule has 0 atom stereocenters. The first-order valence-electron chi connectivity index (χ1n) is 5.23. The number of hydrogen-bond acceptors (Lipinski definition) is 5. The van der Waals surface area contributed by atoms with Crippen LogP contribution in [0, 0.1) is 11.3 Å². The second-order valence-corrected chi connectivity index (χ2v) is 5.62. The Labute approximate surface area is 116 Å². The largest absolute Gasteiger partial charge is 0.450 e. The fourth-order valence-corrected chi connectivity index (χ4v) is 2.33. The predicted molar refractivity (Wildman–Crippen MR) is 67.8 cm³/mol. The van der Waals surface area contributed by atoms with Gasteiger partial charge in [0.05, 0.1) is 11.3 Å². The molecule has 0 aliphatic carbocycles. The van der Waals surface area contributed by atoms with Crippen molar-refractivity contribution >= 4 is 27.6 Å². The Hall–Kier alpha value is -1.62. The summed E-state index contributed by atoms with van der Waals surface area (Å²) < 4.78 is 30.3. The number of esters is 1. The van der Waals surface area contributed by atoms with Crippen molar-refractivity contribution < 1.29 is 17.9 Å². The first kappa shape index (κ1) is 15.4. The molecule has 0 saturated carbocycles. The van der Waals surface area contributed by atoms with Crippen LogP contribution in [-0.4, -0.2) is 27.5 Å². The lowest BCUT2D eigenvalue weighted by molar-refractivity contribution is -0.142. The van der Waals surface area contributed by atoms with Crippen molar-refractivity contribution in [2.75, 3.05) is 13.2 Å². The Bertz CT molecular complexity index is 578. The molecule has 0 amide bonds. The molecule has 1 N–H and O–H groups in total. The van der Waals surface area contributed by atoms with E-state index in [0.29, 0.717) is 5.02 Å². The number of benzene rings is 1. The van der Waals surface area contributed by atoms with Gasteiger partial charge >= 0.3 is 5.97 Å². The standard InChI is InChI=1S/C11H11ClN2O4S/c12-9-1-3-10(4-2-9)19(16,17)14-7-5-11(15)18-8-6-13/h1-4,14H,5,7-8H2. The smallest absolute Gasteiger partial charge is 0.308 e. The quantitative estimate of drug-likeness (QED) is 0.793. The lowest BCUT2D eigenvalue weighted by Gasteiger charge is -2.06. The molecular formula is C11H11ClN2O4S. The van der Waals surface area contributed by atoms with Crippen molar-refractivity contribution in [1.29, 1.82) is 5.26 Å². The van der Waals surface area contributed by atoms with Crippen molar-refractivity contribution in [3.63, 3.8) is 0 Å². The van der Waals surface area contributed by atoms with E-state index in [1.165, 1.54) is 24.3 Å². The molecule has 0 heterocycles. The van der Waals surface area contributed by atoms with Gasteiger partial charge in [0, 0.05) is 11.6 Å². The van der Waals surface area contributed by atoms with E-state index in [-0.39, 0.29) is 24.5 Å². The van der Waals surface area contributed by atoms with E-state index >= 15 is 0 Å². The molecule has 0 bridgehead atoms. The summed E-state index contributed by atoms with van der Waals surface area (Å²) in [4.78, 5) is 11.1. The summed E-state index contributed by atoms with van der Waals surface area (Å²) in [5.41, 5.74) is 0. The summed E-state index contributed by atoms with van der Waals surface area (Å²) in [5, 5.41) is 8.62. The Morgan fingerprint density at radius 1 is 1.37 bits per heavy atom. The third-order valence-electron chi connectivity index (χ3n) is 2.04. The number of ether oxygens (including phenoxy) is 1. The molecule has 0 radical (unpaired) electrons. The van der Waals surface area contributed by atoms with Gasteiger partial charge in [-0.15, -0.1) is 0 Å². The second-order valence-electron chi connectivity index (χ2n) is 3.42. The third kappa shape index (κ3) is 5.26. The van der Waals surface area contributed by atoms with Crippen LogP contribution < -0.4 is 4.72 Å². The van der Waals surface area contributed by atoms with Gasteiger partial charge in [-0.2, -0.15) is 5.26 Å². The molecular weight excluding hydrogens is 292 g/mol. The molecule has 1 aromatic carbocycles. The molecule has 0 spiro atoms. The topological polar surface area (TPSA) is 96.3 Å². The predicted octanol–water partition coefficient (Wildman–Crippen LogP) is 1.08. The molecule has 102 valence electrons. The van der Waals surface area contributed by atoms with Crippen molar-refractivity contribution in [2.45, 2.75) is 11.3 Å². The summed E-state index contributed by atoms with van der Waals surface area (Å²) in [7, 11) is -3.67. The zero-order valence-electron chi connectivity index (χ0n) is 9.80. The average molecular weight is 303 g/mol. The van der Waals surface area contributed by atoms with Crippen molar-refractivity contribution in [3.8, 4) is 6.07 Å². The van der Waals surface area contributed by atoms with E-state index in [0.717, 1.165) is 0 Å². The maximum absolute atomic E-state index is 11.8. The minimum Gasteiger partial charge on any atom is -0.450 e. The molecule has 0 fully saturated rings. The van der Waals surface area contributed by atoms with Crippen molar-refractivity contribution in [1.82, 2.24) is 4.72 Å². The molecule has 0 saturated heterocycles. The van der Waals surface area contributed by atoms with Crippen LogP contribution in [0.25, 0.3) is 0 Å². The number of nitrogens with one attached hydrogen (secondary N) is 1. The van der Waals surface area contributed by atoms with E-state index in [1.807, 2.05) is 0 Å². The maximum Gasteiger partial charge on any atom is 0.308 e. The number of rotatable bonds is 6. The number of halogens is 1. The van der Waals surface area contributed by atoms with Crippen molar-refractivity contribution in [2.24, 2.45) is 0 Å². The summed E-state index contributed by atoms with van der Waals surface area (Å²) in [5.74, 6) is -0.639. The highest BCUT2D eigenvalue weighted by atomic mass is 35.5. The summed E-state index contributed by atoms with van der Waals surface area (Å²) in [6.45, 7) is -0.446. The Morgan fingerprint density at radius 2 is 2.00 bits per heavy atom. The first-order valence-corrected chi connectivity index (χ1v) is 7.09. The van der Waals surface area contributed by atoms with Gasteiger partial charge < -0.3 is 4.74 Å². The highest BCUT2D eigenvalue weighted by molar-refractivity contribution is 7.89. The SMILES string of the molecule is N#CCOC(=O)CCNS(=O)(=O)c1ccc(Cl)cc1. The number of nitriles is 1. The van der Waals surface area contributed by atoms with Crippen LogP contribution in [0.5, 0.6) is 0 Å². The summed E-state index contributed by atoms with van der Waals surface area (Å²) in [6.07, 6.45) is -0.144. The minimum absolute atomic E-state index is 0.0577. The molecule has 8 heteroatoms. The van der Waals surface area contributed by atoms with Gasteiger partial charge in [0.2, 0.25) is 10.0 Å².